The lowest BCUT2D eigenvalue weighted by Crippen LogP contribution is -2.04. The van der Waals surface area contributed by atoms with Crippen molar-refractivity contribution in [2.45, 2.75) is 18.8 Å². The molecule has 0 aliphatic rings. The molecule has 0 atom stereocenters. The number of rotatable bonds is 4. The van der Waals surface area contributed by atoms with E-state index in [1.165, 1.54) is 0 Å². The summed E-state index contributed by atoms with van der Waals surface area (Å²) in [6.45, 7) is 0.222. The predicted octanol–water partition coefficient (Wildman–Crippen LogP) is 1.38. The number of nitrogens with zero attached hydrogens (tertiary/aromatic N) is 3. The summed E-state index contributed by atoms with van der Waals surface area (Å²) in [6, 6.07) is 0. The predicted molar refractivity (Wildman–Crippen MR) is 40.2 cm³/mol. The molecule has 62 valence electrons. The molecule has 0 radical (unpaired) electrons. The number of halogens is 2. The highest BCUT2D eigenvalue weighted by atomic mass is 35.5. The molecule has 1 aromatic heterocycles. The summed E-state index contributed by atoms with van der Waals surface area (Å²) in [5.41, 5.74) is 0.833. The molecule has 3 nitrogen and oxygen atoms in total. The van der Waals surface area contributed by atoms with E-state index in [-0.39, 0.29) is 6.67 Å². The first kappa shape index (κ1) is 8.46. The zero-order valence-corrected chi connectivity index (χ0v) is 6.76. The summed E-state index contributed by atoms with van der Waals surface area (Å²) >= 11 is 5.56. The highest BCUT2D eigenvalue weighted by Gasteiger charge is 2.00. The maximum absolute atomic E-state index is 11.7. The van der Waals surface area contributed by atoms with E-state index < -0.39 is 0 Å². The lowest BCUT2D eigenvalue weighted by Gasteiger charge is -1.99. The van der Waals surface area contributed by atoms with Crippen LogP contribution in [0, 0.1) is 0 Å². The maximum atomic E-state index is 11.7. The van der Waals surface area contributed by atoms with Crippen molar-refractivity contribution < 1.29 is 4.39 Å². The molecule has 5 heteroatoms. The Morgan fingerprint density at radius 2 is 2.45 bits per heavy atom. The van der Waals surface area contributed by atoms with Crippen LogP contribution in [0.15, 0.2) is 6.20 Å². The molecule has 1 heterocycles. The molecule has 0 fully saturated rings. The first-order valence-electron chi connectivity index (χ1n) is 3.37. The first-order valence-corrected chi connectivity index (χ1v) is 3.91. The van der Waals surface area contributed by atoms with Crippen LogP contribution in [-0.2, 0) is 12.4 Å². The normalized spacial score (nSPS) is 10.4. The van der Waals surface area contributed by atoms with E-state index in [1.807, 2.05) is 0 Å². The highest BCUT2D eigenvalue weighted by Crippen LogP contribution is 2.01. The molecule has 0 N–H and O–H groups in total. The van der Waals surface area contributed by atoms with E-state index >= 15 is 0 Å². The summed E-state index contributed by atoms with van der Waals surface area (Å²) in [6.07, 6.45) is 2.05. The van der Waals surface area contributed by atoms with E-state index in [0.717, 1.165) is 5.69 Å². The van der Waals surface area contributed by atoms with Gasteiger partial charge in [-0.1, -0.05) is 5.21 Å². The van der Waals surface area contributed by atoms with Crippen molar-refractivity contribution in [3.63, 3.8) is 0 Å². The second kappa shape index (κ2) is 4.28. The minimum absolute atomic E-state index is 0.332. The molecule has 0 saturated carbocycles. The second-order valence-electron chi connectivity index (χ2n) is 2.12. The van der Waals surface area contributed by atoms with Gasteiger partial charge in [0.15, 0.2) is 0 Å². The number of hydrogen-bond donors (Lipinski definition) is 0. The van der Waals surface area contributed by atoms with Crippen LogP contribution in [0.25, 0.3) is 0 Å². The van der Waals surface area contributed by atoms with Crippen molar-refractivity contribution in [2.24, 2.45) is 0 Å². The van der Waals surface area contributed by atoms with Crippen molar-refractivity contribution in [2.75, 3.05) is 6.67 Å². The molecule has 1 rings (SSSR count). The summed E-state index contributed by atoms with van der Waals surface area (Å²) in [5, 5.41) is 7.39. The van der Waals surface area contributed by atoms with Gasteiger partial charge in [0, 0.05) is 6.54 Å². The number of hydrogen-bond acceptors (Lipinski definition) is 2. The van der Waals surface area contributed by atoms with E-state index in [4.69, 9.17) is 11.6 Å². The zero-order chi connectivity index (χ0) is 8.10. The van der Waals surface area contributed by atoms with Gasteiger partial charge in [-0.2, -0.15) is 0 Å². The monoisotopic (exact) mass is 177 g/mol. The van der Waals surface area contributed by atoms with Crippen LogP contribution >= 0.6 is 11.6 Å². The molecular weight excluding hydrogens is 169 g/mol. The Hall–Kier alpha value is -0.640. The van der Waals surface area contributed by atoms with Crippen LogP contribution in [0.2, 0.25) is 0 Å². The summed E-state index contributed by atoms with van der Waals surface area (Å²) in [7, 11) is 0. The van der Waals surface area contributed by atoms with Gasteiger partial charge in [0.2, 0.25) is 0 Å². The van der Waals surface area contributed by atoms with Gasteiger partial charge in [0.05, 0.1) is 24.4 Å². The zero-order valence-electron chi connectivity index (χ0n) is 6.00. The fourth-order valence-electron chi connectivity index (χ4n) is 0.780. The van der Waals surface area contributed by atoms with Gasteiger partial charge in [0.1, 0.15) is 0 Å². The number of alkyl halides is 2. The fraction of sp³-hybridized carbons (Fsp3) is 0.667. The second-order valence-corrected chi connectivity index (χ2v) is 2.39. The first-order chi connectivity index (χ1) is 5.38. The molecule has 11 heavy (non-hydrogen) atoms. The Balaban J connectivity index is 2.54. The molecule has 0 amide bonds. The lowest BCUT2D eigenvalue weighted by atomic mass is 10.4. The Kier molecular flexibility index (Phi) is 3.29. The van der Waals surface area contributed by atoms with Crippen LogP contribution in [0.1, 0.15) is 12.1 Å². The third-order valence-electron chi connectivity index (χ3n) is 1.34. The molecule has 0 saturated heterocycles. The number of aryl methyl sites for hydroxylation is 1. The van der Waals surface area contributed by atoms with Crippen LogP contribution in [0.3, 0.4) is 0 Å². The summed E-state index contributed by atoms with van der Waals surface area (Å²) in [5.74, 6) is 0.374. The third-order valence-corrected chi connectivity index (χ3v) is 1.61. The topological polar surface area (TPSA) is 30.7 Å². The van der Waals surface area contributed by atoms with Crippen molar-refractivity contribution in [1.82, 2.24) is 15.0 Å². The average molecular weight is 178 g/mol. The minimum Gasteiger partial charge on any atom is -0.251 e. The van der Waals surface area contributed by atoms with Crippen molar-refractivity contribution in [1.29, 1.82) is 0 Å². The SMILES string of the molecule is FCCCn1nncc1CCl. The van der Waals surface area contributed by atoms with Gasteiger partial charge in [-0.15, -0.1) is 16.7 Å². The largest absolute Gasteiger partial charge is 0.251 e. The van der Waals surface area contributed by atoms with E-state index in [0.29, 0.717) is 18.8 Å². The van der Waals surface area contributed by atoms with Gasteiger partial charge in [0.25, 0.3) is 0 Å². The van der Waals surface area contributed by atoms with E-state index in [1.54, 1.807) is 10.9 Å². The van der Waals surface area contributed by atoms with Gasteiger partial charge in [-0.3, -0.25) is 4.39 Å². The average Bonchev–Trinajstić information content (AvgIpc) is 2.47. The Morgan fingerprint density at radius 3 is 3.09 bits per heavy atom. The highest BCUT2D eigenvalue weighted by molar-refractivity contribution is 6.16. The van der Waals surface area contributed by atoms with Crippen LogP contribution in [-0.4, -0.2) is 21.7 Å². The standard InChI is InChI=1S/C6H9ClFN3/c7-4-6-5-9-10-11(6)3-1-2-8/h5H,1-4H2. The smallest absolute Gasteiger partial charge is 0.0912 e. The Bertz CT molecular complexity index is 213. The van der Waals surface area contributed by atoms with Gasteiger partial charge in [-0.25, -0.2) is 4.68 Å². The Labute approximate surface area is 69.2 Å². The lowest BCUT2D eigenvalue weighted by molar-refractivity contribution is 0.427. The summed E-state index contributed by atoms with van der Waals surface area (Å²) in [4.78, 5) is 0. The van der Waals surface area contributed by atoms with Crippen molar-refractivity contribution in [3.8, 4) is 0 Å². The minimum atomic E-state index is -0.332. The summed E-state index contributed by atoms with van der Waals surface area (Å²) < 4.78 is 13.3. The van der Waals surface area contributed by atoms with Crippen molar-refractivity contribution in [3.05, 3.63) is 11.9 Å². The van der Waals surface area contributed by atoms with Crippen LogP contribution in [0.4, 0.5) is 4.39 Å². The molecule has 0 unspecified atom stereocenters. The van der Waals surface area contributed by atoms with Crippen molar-refractivity contribution >= 4 is 11.6 Å². The van der Waals surface area contributed by atoms with Gasteiger partial charge < -0.3 is 0 Å². The quantitative estimate of drug-likeness (QED) is 0.651. The van der Waals surface area contributed by atoms with Crippen LogP contribution in [0.5, 0.6) is 0 Å². The molecule has 0 spiro atoms. The Morgan fingerprint density at radius 1 is 1.64 bits per heavy atom. The van der Waals surface area contributed by atoms with Crippen LogP contribution < -0.4 is 0 Å². The molecule has 1 aromatic rings. The molecular formula is C6H9ClFN3. The number of aromatic nitrogens is 3. The molecule has 0 aromatic carbocycles. The fourth-order valence-corrected chi connectivity index (χ4v) is 0.987. The molecule has 0 bridgehead atoms. The third kappa shape index (κ3) is 2.15. The molecule has 0 aliphatic heterocycles. The van der Waals surface area contributed by atoms with Gasteiger partial charge >= 0.3 is 0 Å². The van der Waals surface area contributed by atoms with E-state index in [9.17, 15) is 4.39 Å². The van der Waals surface area contributed by atoms with Gasteiger partial charge in [-0.05, 0) is 6.42 Å². The van der Waals surface area contributed by atoms with E-state index in [2.05, 4.69) is 10.3 Å². The molecule has 0 aliphatic carbocycles. The maximum Gasteiger partial charge on any atom is 0.0912 e.